The molecule has 0 fully saturated rings. The first-order chi connectivity index (χ1) is 14.2. The minimum Gasteiger partial charge on any atom is -0.481 e. The molecule has 2 aromatic heterocycles. The summed E-state index contributed by atoms with van der Waals surface area (Å²) in [4.78, 5) is 26.7. The Balaban J connectivity index is 0.00000256. The third kappa shape index (κ3) is 5.56. The normalized spacial score (nSPS) is 13.0. The van der Waals surface area contributed by atoms with Gasteiger partial charge in [0.05, 0.1) is 6.42 Å². The number of carboxylic acids is 1. The van der Waals surface area contributed by atoms with Crippen molar-refractivity contribution in [1.29, 1.82) is 0 Å². The summed E-state index contributed by atoms with van der Waals surface area (Å²) in [5, 5.41) is 12.0. The monoisotopic (exact) mass is 412 g/mol. The minimum absolute atomic E-state index is 0. The second-order valence-electron chi connectivity index (χ2n) is 7.00. The zero-order valence-corrected chi connectivity index (χ0v) is 19.1. The Bertz CT molecular complexity index is 973. The number of benzene rings is 1. The molecule has 7 nitrogen and oxygen atoms in total. The molecule has 0 saturated heterocycles. The van der Waals surface area contributed by atoms with Crippen LogP contribution in [0.3, 0.4) is 0 Å². The van der Waals surface area contributed by atoms with Crippen molar-refractivity contribution in [1.82, 2.24) is 15.0 Å². The fourth-order valence-electron chi connectivity index (χ4n) is 3.51. The fraction of sp³-hybridized carbons (Fsp3) is 0.273. The molecular weight excluding hydrogens is 389 g/mol. The number of aliphatic carboxylic acids is 1. The van der Waals surface area contributed by atoms with Crippen molar-refractivity contribution in [3.05, 3.63) is 66.0 Å². The Hall–Kier alpha value is -2.48. The number of fused-ring (bicyclic) bond motifs is 1. The number of nitrogens with zero attached hydrogens (tertiary/aromatic N) is 4. The van der Waals surface area contributed by atoms with E-state index in [1.54, 1.807) is 12.4 Å². The summed E-state index contributed by atoms with van der Waals surface area (Å²) in [6.45, 7) is 2.05. The zero-order chi connectivity index (χ0) is 20.1. The molecule has 1 aliphatic rings. The van der Waals surface area contributed by atoms with E-state index in [1.807, 2.05) is 18.2 Å². The average Bonchev–Trinajstić information content (AvgIpc) is 2.97. The van der Waals surface area contributed by atoms with Crippen LogP contribution in [0, 0.1) is 0 Å². The largest absolute Gasteiger partial charge is 0.481 e. The topological polar surface area (TPSA) is 91.2 Å². The van der Waals surface area contributed by atoms with Gasteiger partial charge in [0, 0.05) is 73.2 Å². The molecular formula is C22H23N5NaO2. The van der Waals surface area contributed by atoms with Gasteiger partial charge in [-0.05, 0) is 36.1 Å². The van der Waals surface area contributed by atoms with Crippen molar-refractivity contribution >= 4 is 47.2 Å². The van der Waals surface area contributed by atoms with E-state index < -0.39 is 5.97 Å². The smallest absolute Gasteiger partial charge is 0.305 e. The number of nitrogens with one attached hydrogen (secondary N) is 1. The van der Waals surface area contributed by atoms with Crippen LogP contribution in [0.2, 0.25) is 0 Å². The zero-order valence-electron chi connectivity index (χ0n) is 17.1. The molecule has 1 radical (unpaired) electrons. The van der Waals surface area contributed by atoms with Gasteiger partial charge in [-0.15, -0.1) is 0 Å². The number of pyridine rings is 1. The summed E-state index contributed by atoms with van der Waals surface area (Å²) in [6.07, 6.45) is 5.40. The number of rotatable bonds is 6. The predicted octanol–water partition coefficient (Wildman–Crippen LogP) is 2.65. The van der Waals surface area contributed by atoms with Gasteiger partial charge in [0.2, 0.25) is 0 Å². The molecule has 4 rings (SSSR count). The SMILES string of the molecule is O=C(O)CCNc1cc(N2CCc3ccccc3CC2)nc(-c2cccnc2)n1.[Na]. The Morgan fingerprint density at radius 1 is 1.07 bits per heavy atom. The number of hydrogen-bond donors (Lipinski definition) is 2. The number of hydrogen-bond acceptors (Lipinski definition) is 6. The number of anilines is 2. The second kappa shape index (κ2) is 10.5. The van der Waals surface area contributed by atoms with E-state index in [0.717, 1.165) is 37.3 Å². The Labute approximate surface area is 197 Å². The molecule has 0 aliphatic carbocycles. The van der Waals surface area contributed by atoms with Gasteiger partial charge in [-0.2, -0.15) is 0 Å². The summed E-state index contributed by atoms with van der Waals surface area (Å²) in [5.74, 6) is 1.20. The number of carbonyl (C=O) groups is 1. The van der Waals surface area contributed by atoms with Gasteiger partial charge in [0.1, 0.15) is 11.6 Å². The molecule has 0 bridgehead atoms. The molecule has 0 amide bonds. The molecule has 2 N–H and O–H groups in total. The van der Waals surface area contributed by atoms with Gasteiger partial charge in [-0.3, -0.25) is 9.78 Å². The van der Waals surface area contributed by atoms with Gasteiger partial charge in [0.15, 0.2) is 5.82 Å². The first kappa shape index (κ1) is 22.2. The molecule has 30 heavy (non-hydrogen) atoms. The van der Waals surface area contributed by atoms with Crippen LogP contribution in [0.15, 0.2) is 54.9 Å². The Morgan fingerprint density at radius 2 is 1.80 bits per heavy atom. The molecule has 1 aromatic carbocycles. The average molecular weight is 412 g/mol. The van der Waals surface area contributed by atoms with Gasteiger partial charge in [-0.25, -0.2) is 9.97 Å². The Kier molecular flexibility index (Phi) is 7.79. The van der Waals surface area contributed by atoms with Crippen LogP contribution in [0.25, 0.3) is 11.4 Å². The van der Waals surface area contributed by atoms with Crippen LogP contribution < -0.4 is 10.2 Å². The number of carboxylic acid groups (broad SMARTS) is 1. The van der Waals surface area contributed by atoms with E-state index in [1.165, 1.54) is 11.1 Å². The van der Waals surface area contributed by atoms with E-state index in [-0.39, 0.29) is 36.0 Å². The summed E-state index contributed by atoms with van der Waals surface area (Å²) in [7, 11) is 0. The van der Waals surface area contributed by atoms with E-state index in [2.05, 4.69) is 44.5 Å². The quantitative estimate of drug-likeness (QED) is 0.602. The first-order valence-electron chi connectivity index (χ1n) is 9.76. The summed E-state index contributed by atoms with van der Waals surface area (Å²) >= 11 is 0. The van der Waals surface area contributed by atoms with Crippen LogP contribution in [-0.2, 0) is 17.6 Å². The van der Waals surface area contributed by atoms with Crippen molar-refractivity contribution in [3.63, 3.8) is 0 Å². The summed E-state index contributed by atoms with van der Waals surface area (Å²) < 4.78 is 0. The van der Waals surface area contributed by atoms with Crippen LogP contribution in [-0.4, -0.2) is 75.2 Å². The van der Waals surface area contributed by atoms with Crippen LogP contribution >= 0.6 is 0 Å². The fourth-order valence-corrected chi connectivity index (χ4v) is 3.51. The van der Waals surface area contributed by atoms with Crippen molar-refractivity contribution < 1.29 is 9.90 Å². The van der Waals surface area contributed by atoms with E-state index in [0.29, 0.717) is 18.2 Å². The molecule has 0 unspecified atom stereocenters. The van der Waals surface area contributed by atoms with Crippen LogP contribution in [0.1, 0.15) is 17.5 Å². The van der Waals surface area contributed by atoms with E-state index in [4.69, 9.17) is 10.1 Å². The Morgan fingerprint density at radius 3 is 2.43 bits per heavy atom. The first-order valence-corrected chi connectivity index (χ1v) is 9.76. The molecule has 149 valence electrons. The molecule has 8 heteroatoms. The second-order valence-corrected chi connectivity index (χ2v) is 7.00. The van der Waals surface area contributed by atoms with Crippen LogP contribution in [0.4, 0.5) is 11.6 Å². The predicted molar refractivity (Wildman–Crippen MR) is 118 cm³/mol. The molecule has 1 aliphatic heterocycles. The third-order valence-corrected chi connectivity index (χ3v) is 5.02. The van der Waals surface area contributed by atoms with Crippen molar-refractivity contribution in [2.75, 3.05) is 29.9 Å². The molecule has 0 spiro atoms. The molecule has 3 heterocycles. The summed E-state index contributed by atoms with van der Waals surface area (Å²) in [6, 6.07) is 14.2. The summed E-state index contributed by atoms with van der Waals surface area (Å²) in [5.41, 5.74) is 3.60. The molecule has 0 saturated carbocycles. The molecule has 0 atom stereocenters. The van der Waals surface area contributed by atoms with Crippen molar-refractivity contribution in [2.24, 2.45) is 0 Å². The van der Waals surface area contributed by atoms with Gasteiger partial charge in [-0.1, -0.05) is 24.3 Å². The maximum absolute atomic E-state index is 10.8. The van der Waals surface area contributed by atoms with Gasteiger partial charge >= 0.3 is 5.97 Å². The molecule has 3 aromatic rings. The van der Waals surface area contributed by atoms with Gasteiger partial charge in [0.25, 0.3) is 0 Å². The number of aromatic nitrogens is 3. The van der Waals surface area contributed by atoms with Crippen molar-refractivity contribution in [2.45, 2.75) is 19.3 Å². The minimum atomic E-state index is -0.843. The van der Waals surface area contributed by atoms with E-state index >= 15 is 0 Å². The maximum atomic E-state index is 10.8. The van der Waals surface area contributed by atoms with E-state index in [9.17, 15) is 4.79 Å². The maximum Gasteiger partial charge on any atom is 0.305 e. The third-order valence-electron chi connectivity index (χ3n) is 5.02. The standard InChI is InChI=1S/C22H23N5O2.Na/c28-21(29)7-11-24-19-14-20(26-22(25-19)18-6-3-10-23-15-18)27-12-8-16-4-1-2-5-17(16)9-13-27;/h1-6,10,14-15H,7-9,11-13H2,(H,28,29)(H,24,25,26);. The van der Waals surface area contributed by atoms with Crippen LogP contribution in [0.5, 0.6) is 0 Å². The van der Waals surface area contributed by atoms with Crippen molar-refractivity contribution in [3.8, 4) is 11.4 Å². The van der Waals surface area contributed by atoms with Gasteiger partial charge < -0.3 is 15.3 Å².